The molecule has 0 fully saturated rings. The van der Waals surface area contributed by atoms with E-state index in [0.29, 0.717) is 18.0 Å². The van der Waals surface area contributed by atoms with E-state index in [4.69, 9.17) is 4.52 Å². The first-order valence-electron chi connectivity index (χ1n) is 6.79. The standard InChI is InChI=1S/C15H16N2O3S/c1-11-8-13(16-20-11)9-21(19)10-15(18)17-7-6-12-4-2-3-5-14(12)17/h2-5,8H,6-7,9-10H2,1H3/t21-/m0/s1. The average Bonchev–Trinajstić information content (AvgIpc) is 3.04. The molecule has 2 aromatic rings. The van der Waals surface area contributed by atoms with Crippen LogP contribution >= 0.6 is 0 Å². The van der Waals surface area contributed by atoms with Crippen molar-refractivity contribution < 1.29 is 13.5 Å². The van der Waals surface area contributed by atoms with E-state index in [1.54, 1.807) is 17.9 Å². The van der Waals surface area contributed by atoms with Gasteiger partial charge in [-0.2, -0.15) is 0 Å². The van der Waals surface area contributed by atoms with E-state index in [2.05, 4.69) is 5.16 Å². The zero-order valence-corrected chi connectivity index (χ0v) is 12.6. The van der Waals surface area contributed by atoms with Gasteiger partial charge in [0.05, 0.1) is 11.4 Å². The summed E-state index contributed by atoms with van der Waals surface area (Å²) >= 11 is 0. The molecule has 0 saturated carbocycles. The normalized spacial score (nSPS) is 15.0. The van der Waals surface area contributed by atoms with Gasteiger partial charge in [0, 0.05) is 29.1 Å². The fourth-order valence-corrected chi connectivity index (χ4v) is 3.51. The first kappa shape index (κ1) is 14.0. The van der Waals surface area contributed by atoms with E-state index < -0.39 is 10.8 Å². The van der Waals surface area contributed by atoms with Crippen molar-refractivity contribution in [2.24, 2.45) is 0 Å². The van der Waals surface area contributed by atoms with Crippen molar-refractivity contribution >= 4 is 22.4 Å². The zero-order valence-electron chi connectivity index (χ0n) is 11.7. The molecule has 1 amide bonds. The van der Waals surface area contributed by atoms with Crippen LogP contribution in [-0.4, -0.2) is 27.6 Å². The molecule has 0 N–H and O–H groups in total. The molecule has 0 unspecified atom stereocenters. The second-order valence-corrected chi connectivity index (χ2v) is 6.54. The second kappa shape index (κ2) is 5.81. The van der Waals surface area contributed by atoms with Gasteiger partial charge < -0.3 is 9.42 Å². The van der Waals surface area contributed by atoms with Gasteiger partial charge in [0.15, 0.2) is 0 Å². The average molecular weight is 304 g/mol. The number of benzene rings is 1. The van der Waals surface area contributed by atoms with Crippen LogP contribution in [0.2, 0.25) is 0 Å². The number of fused-ring (bicyclic) bond motifs is 1. The number of aromatic nitrogens is 1. The molecule has 0 aliphatic carbocycles. The first-order valence-corrected chi connectivity index (χ1v) is 8.28. The summed E-state index contributed by atoms with van der Waals surface area (Å²) in [6, 6.07) is 9.59. The van der Waals surface area contributed by atoms with Gasteiger partial charge in [0.25, 0.3) is 0 Å². The lowest BCUT2D eigenvalue weighted by Crippen LogP contribution is -2.33. The summed E-state index contributed by atoms with van der Waals surface area (Å²) in [4.78, 5) is 14.0. The molecule has 3 rings (SSSR count). The molecule has 1 aliphatic rings. The monoisotopic (exact) mass is 304 g/mol. The molecule has 5 nitrogen and oxygen atoms in total. The van der Waals surface area contributed by atoms with Crippen molar-refractivity contribution in [1.82, 2.24) is 5.16 Å². The predicted octanol–water partition coefficient (Wildman–Crippen LogP) is 1.82. The Labute approximate surface area is 125 Å². The minimum atomic E-state index is -1.27. The van der Waals surface area contributed by atoms with E-state index in [9.17, 15) is 9.00 Å². The number of para-hydroxylation sites is 1. The molecular weight excluding hydrogens is 288 g/mol. The number of anilines is 1. The molecule has 1 atom stereocenters. The first-order chi connectivity index (χ1) is 10.1. The fourth-order valence-electron chi connectivity index (χ4n) is 2.51. The van der Waals surface area contributed by atoms with Gasteiger partial charge in [-0.15, -0.1) is 0 Å². The van der Waals surface area contributed by atoms with Gasteiger partial charge in [-0.3, -0.25) is 9.00 Å². The van der Waals surface area contributed by atoms with E-state index in [1.165, 1.54) is 5.56 Å². The lowest BCUT2D eigenvalue weighted by Gasteiger charge is -2.16. The summed E-state index contributed by atoms with van der Waals surface area (Å²) in [7, 11) is -1.27. The Morgan fingerprint density at radius 2 is 2.24 bits per heavy atom. The highest BCUT2D eigenvalue weighted by Gasteiger charge is 2.25. The van der Waals surface area contributed by atoms with Crippen molar-refractivity contribution in [2.45, 2.75) is 19.1 Å². The lowest BCUT2D eigenvalue weighted by atomic mass is 10.2. The molecule has 1 aromatic carbocycles. The largest absolute Gasteiger partial charge is 0.361 e. The van der Waals surface area contributed by atoms with Crippen molar-refractivity contribution in [3.8, 4) is 0 Å². The Balaban J connectivity index is 1.63. The van der Waals surface area contributed by atoms with E-state index in [0.717, 1.165) is 12.1 Å². The Hall–Kier alpha value is -1.95. The van der Waals surface area contributed by atoms with Crippen LogP contribution in [0.1, 0.15) is 17.0 Å². The minimum absolute atomic E-state index is 0.0141. The van der Waals surface area contributed by atoms with Gasteiger partial charge in [-0.05, 0) is 25.0 Å². The number of rotatable bonds is 4. The molecule has 110 valence electrons. The number of carbonyl (C=O) groups is 1. The van der Waals surface area contributed by atoms with Gasteiger partial charge in [-0.1, -0.05) is 23.4 Å². The molecule has 21 heavy (non-hydrogen) atoms. The molecule has 0 saturated heterocycles. The predicted molar refractivity (Wildman–Crippen MR) is 80.5 cm³/mol. The molecule has 2 heterocycles. The summed E-state index contributed by atoms with van der Waals surface area (Å²) in [5.41, 5.74) is 2.74. The Morgan fingerprint density at radius 3 is 3.00 bits per heavy atom. The maximum Gasteiger partial charge on any atom is 0.239 e. The second-order valence-electron chi connectivity index (χ2n) is 5.08. The van der Waals surface area contributed by atoms with Crippen LogP contribution < -0.4 is 4.90 Å². The Bertz CT molecular complexity index is 696. The maximum absolute atomic E-state index is 12.3. The number of carbonyl (C=O) groups excluding carboxylic acids is 1. The van der Waals surface area contributed by atoms with E-state index >= 15 is 0 Å². The van der Waals surface area contributed by atoms with E-state index in [1.807, 2.05) is 24.3 Å². The van der Waals surface area contributed by atoms with Gasteiger partial charge in [0.2, 0.25) is 5.91 Å². The number of hydrogen-bond acceptors (Lipinski definition) is 4. The van der Waals surface area contributed by atoms with E-state index in [-0.39, 0.29) is 17.4 Å². The number of hydrogen-bond donors (Lipinski definition) is 0. The number of amides is 1. The van der Waals surface area contributed by atoms with Crippen LogP contribution in [-0.2, 0) is 27.8 Å². The number of nitrogens with zero attached hydrogens (tertiary/aromatic N) is 2. The highest BCUT2D eigenvalue weighted by atomic mass is 32.2. The fraction of sp³-hybridized carbons (Fsp3) is 0.333. The smallest absolute Gasteiger partial charge is 0.239 e. The molecule has 0 spiro atoms. The van der Waals surface area contributed by atoms with Crippen LogP contribution in [0.3, 0.4) is 0 Å². The summed E-state index contributed by atoms with van der Waals surface area (Å²) < 4.78 is 17.0. The third-order valence-corrected chi connectivity index (χ3v) is 4.64. The highest BCUT2D eigenvalue weighted by molar-refractivity contribution is 7.84. The van der Waals surface area contributed by atoms with Gasteiger partial charge >= 0.3 is 0 Å². The van der Waals surface area contributed by atoms with Crippen LogP contribution in [0, 0.1) is 6.92 Å². The summed E-state index contributed by atoms with van der Waals surface area (Å²) in [5.74, 6) is 0.846. The topological polar surface area (TPSA) is 63.4 Å². The quantitative estimate of drug-likeness (QED) is 0.864. The molecule has 1 aromatic heterocycles. The highest BCUT2D eigenvalue weighted by Crippen LogP contribution is 2.27. The number of aryl methyl sites for hydroxylation is 1. The van der Waals surface area contributed by atoms with Gasteiger partial charge in [0.1, 0.15) is 11.5 Å². The molecule has 0 bridgehead atoms. The third-order valence-electron chi connectivity index (χ3n) is 3.46. The zero-order chi connectivity index (χ0) is 14.8. The summed E-state index contributed by atoms with van der Waals surface area (Å²) in [6.45, 7) is 2.45. The molecular formula is C15H16N2O3S. The van der Waals surface area contributed by atoms with Crippen LogP contribution in [0.15, 0.2) is 34.9 Å². The molecule has 1 aliphatic heterocycles. The van der Waals surface area contributed by atoms with Crippen molar-refractivity contribution in [3.63, 3.8) is 0 Å². The summed E-state index contributed by atoms with van der Waals surface area (Å²) in [6.07, 6.45) is 0.858. The van der Waals surface area contributed by atoms with Crippen LogP contribution in [0.25, 0.3) is 0 Å². The van der Waals surface area contributed by atoms with Crippen LogP contribution in [0.4, 0.5) is 5.69 Å². The maximum atomic E-state index is 12.3. The molecule has 6 heteroatoms. The SMILES string of the molecule is Cc1cc(C[S@](=O)CC(=O)N2CCc3ccccc32)no1. The lowest BCUT2D eigenvalue weighted by molar-refractivity contribution is -0.116. The third kappa shape index (κ3) is 3.05. The van der Waals surface area contributed by atoms with Crippen molar-refractivity contribution in [3.05, 3.63) is 47.3 Å². The Morgan fingerprint density at radius 1 is 1.43 bits per heavy atom. The Kier molecular flexibility index (Phi) is 3.88. The van der Waals surface area contributed by atoms with Gasteiger partial charge in [-0.25, -0.2) is 0 Å². The van der Waals surface area contributed by atoms with Crippen molar-refractivity contribution in [1.29, 1.82) is 0 Å². The summed E-state index contributed by atoms with van der Waals surface area (Å²) in [5, 5.41) is 3.80. The minimum Gasteiger partial charge on any atom is -0.361 e. The molecule has 0 radical (unpaired) electrons. The van der Waals surface area contributed by atoms with Crippen molar-refractivity contribution in [2.75, 3.05) is 17.2 Å². The van der Waals surface area contributed by atoms with Crippen LogP contribution in [0.5, 0.6) is 0 Å².